The van der Waals surface area contributed by atoms with Gasteiger partial charge in [-0.2, -0.15) is 0 Å². The summed E-state index contributed by atoms with van der Waals surface area (Å²) in [7, 11) is 0. The van der Waals surface area contributed by atoms with Gasteiger partial charge in [0.1, 0.15) is 0 Å². The molecule has 1 saturated heterocycles. The molecule has 2 N–H and O–H groups in total. The van der Waals surface area contributed by atoms with Crippen molar-refractivity contribution in [2.75, 3.05) is 16.8 Å². The molecule has 0 spiro atoms. The van der Waals surface area contributed by atoms with Crippen LogP contribution in [0.15, 0.2) is 18.2 Å². The van der Waals surface area contributed by atoms with Gasteiger partial charge < -0.3 is 15.5 Å². The van der Waals surface area contributed by atoms with Gasteiger partial charge in [-0.25, -0.2) is 0 Å². The number of benzene rings is 1. The van der Waals surface area contributed by atoms with Gasteiger partial charge in [0.05, 0.1) is 0 Å². The zero-order valence-corrected chi connectivity index (χ0v) is 15.0. The minimum atomic E-state index is 0.229. The third kappa shape index (κ3) is 3.02. The molecular weight excluding hydrogens is 318 g/mol. The third-order valence-electron chi connectivity index (χ3n) is 5.87. The molecule has 3 fully saturated rings. The second-order valence-electron chi connectivity index (χ2n) is 7.53. The Balaban J connectivity index is 1.38. The fraction of sp³-hybridized carbons (Fsp3) is 0.579. The number of hydrogen-bond donors (Lipinski definition) is 2. The molecule has 0 aromatic heterocycles. The number of fused-ring (bicyclic) bond motifs is 2. The molecule has 128 valence electrons. The zero-order valence-electron chi connectivity index (χ0n) is 14.2. The molecule has 24 heavy (non-hydrogen) atoms. The number of carbonyl (C=O) groups excluding carboxylic acids is 1. The maximum absolute atomic E-state index is 11.9. The fourth-order valence-corrected chi connectivity index (χ4v) is 4.97. The van der Waals surface area contributed by atoms with Crippen LogP contribution in [0.4, 0.5) is 11.4 Å². The summed E-state index contributed by atoms with van der Waals surface area (Å²) >= 11 is 5.50. The van der Waals surface area contributed by atoms with Crippen LogP contribution in [0.2, 0.25) is 0 Å². The largest absolute Gasteiger partial charge is 0.359 e. The standard InChI is InChI=1S/C19H25N3OS/c1-12-9-15(6-7-17(12)22-8-2-3-18(22)23)20-19(24)21-16-11-13-4-5-14(16)10-13/h6-7,9,13-14,16H,2-5,8,10-11H2,1H3,(H2,20,21,24)/t13-,14-,16+/m0/s1. The first-order valence-corrected chi connectivity index (χ1v) is 9.49. The van der Waals surface area contributed by atoms with Gasteiger partial charge >= 0.3 is 0 Å². The first kappa shape index (κ1) is 15.9. The van der Waals surface area contributed by atoms with Gasteiger partial charge in [-0.1, -0.05) is 6.42 Å². The highest BCUT2D eigenvalue weighted by atomic mass is 32.1. The van der Waals surface area contributed by atoms with E-state index in [1.54, 1.807) is 0 Å². The number of aryl methyl sites for hydroxylation is 1. The summed E-state index contributed by atoms with van der Waals surface area (Å²) in [6, 6.07) is 6.67. The number of hydrogen-bond acceptors (Lipinski definition) is 2. The summed E-state index contributed by atoms with van der Waals surface area (Å²) in [5, 5.41) is 7.55. The molecule has 2 bridgehead atoms. The number of anilines is 2. The summed E-state index contributed by atoms with van der Waals surface area (Å²) in [4.78, 5) is 13.8. The van der Waals surface area contributed by atoms with Crippen LogP contribution in [0.5, 0.6) is 0 Å². The van der Waals surface area contributed by atoms with E-state index in [9.17, 15) is 4.79 Å². The molecule has 5 heteroatoms. The normalized spacial score (nSPS) is 28.5. The van der Waals surface area contributed by atoms with Gasteiger partial charge in [0.25, 0.3) is 0 Å². The Labute approximate surface area is 149 Å². The van der Waals surface area contributed by atoms with Crippen LogP contribution < -0.4 is 15.5 Å². The van der Waals surface area contributed by atoms with E-state index in [0.29, 0.717) is 12.5 Å². The molecule has 4 nitrogen and oxygen atoms in total. The van der Waals surface area contributed by atoms with Crippen LogP contribution in [-0.4, -0.2) is 23.6 Å². The van der Waals surface area contributed by atoms with Gasteiger partial charge in [0, 0.05) is 30.4 Å². The zero-order chi connectivity index (χ0) is 16.7. The van der Waals surface area contributed by atoms with E-state index in [0.717, 1.165) is 46.9 Å². The monoisotopic (exact) mass is 343 g/mol. The van der Waals surface area contributed by atoms with E-state index in [-0.39, 0.29) is 5.91 Å². The highest BCUT2D eigenvalue weighted by Crippen LogP contribution is 2.44. The average molecular weight is 343 g/mol. The predicted molar refractivity (Wildman–Crippen MR) is 101 cm³/mol. The van der Waals surface area contributed by atoms with Gasteiger partial charge in [0.15, 0.2) is 5.11 Å². The van der Waals surface area contributed by atoms with Crippen molar-refractivity contribution in [1.82, 2.24) is 5.32 Å². The van der Waals surface area contributed by atoms with Crippen LogP contribution in [0, 0.1) is 18.8 Å². The molecule has 0 unspecified atom stereocenters. The van der Waals surface area contributed by atoms with E-state index in [4.69, 9.17) is 12.2 Å². The Morgan fingerprint density at radius 2 is 2.17 bits per heavy atom. The van der Waals surface area contributed by atoms with Crippen molar-refractivity contribution < 1.29 is 4.79 Å². The third-order valence-corrected chi connectivity index (χ3v) is 6.09. The maximum Gasteiger partial charge on any atom is 0.227 e. The summed E-state index contributed by atoms with van der Waals surface area (Å²) in [5.41, 5.74) is 3.12. The molecule has 3 aliphatic rings. The van der Waals surface area contributed by atoms with Gasteiger partial charge in [-0.3, -0.25) is 4.79 Å². The topological polar surface area (TPSA) is 44.4 Å². The second kappa shape index (κ2) is 6.36. The van der Waals surface area contributed by atoms with Crippen molar-refractivity contribution in [3.8, 4) is 0 Å². The van der Waals surface area contributed by atoms with Gasteiger partial charge in [0.2, 0.25) is 5.91 Å². The fourth-order valence-electron chi connectivity index (χ4n) is 4.70. The molecule has 1 heterocycles. The summed E-state index contributed by atoms with van der Waals surface area (Å²) in [6.07, 6.45) is 7.01. The molecule has 3 atom stereocenters. The van der Waals surface area contributed by atoms with Crippen LogP contribution in [0.3, 0.4) is 0 Å². The number of rotatable bonds is 3. The lowest BCUT2D eigenvalue weighted by Gasteiger charge is -2.25. The maximum atomic E-state index is 11.9. The van der Waals surface area contributed by atoms with Crippen LogP contribution in [-0.2, 0) is 4.79 Å². The van der Waals surface area contributed by atoms with Crippen molar-refractivity contribution in [1.29, 1.82) is 0 Å². The van der Waals surface area contributed by atoms with Crippen LogP contribution in [0.25, 0.3) is 0 Å². The number of nitrogens with zero attached hydrogens (tertiary/aromatic N) is 1. The highest BCUT2D eigenvalue weighted by Gasteiger charge is 2.39. The van der Waals surface area contributed by atoms with E-state index >= 15 is 0 Å². The van der Waals surface area contributed by atoms with E-state index in [2.05, 4.69) is 23.6 Å². The lowest BCUT2D eigenvalue weighted by Crippen LogP contribution is -2.40. The van der Waals surface area contributed by atoms with Crippen molar-refractivity contribution in [2.45, 2.75) is 51.5 Å². The molecule has 1 amide bonds. The predicted octanol–water partition coefficient (Wildman–Crippen LogP) is 3.60. The van der Waals surface area contributed by atoms with Crippen molar-refractivity contribution >= 4 is 34.6 Å². The minimum Gasteiger partial charge on any atom is -0.359 e. The smallest absolute Gasteiger partial charge is 0.227 e. The Morgan fingerprint density at radius 3 is 2.79 bits per heavy atom. The molecular formula is C19H25N3OS. The first-order valence-electron chi connectivity index (χ1n) is 9.08. The van der Waals surface area contributed by atoms with Crippen molar-refractivity contribution in [3.63, 3.8) is 0 Å². The number of thiocarbonyl (C=S) groups is 1. The number of nitrogens with one attached hydrogen (secondary N) is 2. The molecule has 4 rings (SSSR count). The quantitative estimate of drug-likeness (QED) is 0.823. The number of carbonyl (C=O) groups is 1. The summed E-state index contributed by atoms with van der Waals surface area (Å²) in [5.74, 6) is 1.95. The van der Waals surface area contributed by atoms with Crippen molar-refractivity contribution in [2.24, 2.45) is 11.8 Å². The summed E-state index contributed by atoms with van der Waals surface area (Å²) in [6.45, 7) is 2.88. The SMILES string of the molecule is Cc1cc(NC(=S)N[C@@H]2C[C@H]3CC[C@H]2C3)ccc1N1CCCC1=O. The average Bonchev–Trinajstić information content (AvgIpc) is 3.24. The lowest BCUT2D eigenvalue weighted by atomic mass is 9.95. The lowest BCUT2D eigenvalue weighted by molar-refractivity contribution is -0.117. The van der Waals surface area contributed by atoms with E-state index < -0.39 is 0 Å². The molecule has 1 aromatic carbocycles. The Hall–Kier alpha value is -1.62. The van der Waals surface area contributed by atoms with Gasteiger partial charge in [-0.15, -0.1) is 0 Å². The van der Waals surface area contributed by atoms with Gasteiger partial charge in [-0.05, 0) is 80.4 Å². The van der Waals surface area contributed by atoms with E-state index in [1.165, 1.54) is 25.7 Å². The highest BCUT2D eigenvalue weighted by molar-refractivity contribution is 7.80. The molecule has 1 aromatic rings. The summed E-state index contributed by atoms with van der Waals surface area (Å²) < 4.78 is 0. The molecule has 1 aliphatic heterocycles. The number of amides is 1. The minimum absolute atomic E-state index is 0.229. The Bertz CT molecular complexity index is 675. The first-order chi connectivity index (χ1) is 11.6. The Morgan fingerprint density at radius 1 is 1.29 bits per heavy atom. The second-order valence-corrected chi connectivity index (χ2v) is 7.94. The van der Waals surface area contributed by atoms with Crippen LogP contribution in [0.1, 0.15) is 44.1 Å². The van der Waals surface area contributed by atoms with Crippen molar-refractivity contribution in [3.05, 3.63) is 23.8 Å². The van der Waals surface area contributed by atoms with Crippen LogP contribution >= 0.6 is 12.2 Å². The molecule has 2 aliphatic carbocycles. The molecule has 2 saturated carbocycles. The Kier molecular flexibility index (Phi) is 4.21. The van der Waals surface area contributed by atoms with E-state index in [1.807, 2.05) is 17.0 Å². The molecule has 0 radical (unpaired) electrons.